The summed E-state index contributed by atoms with van der Waals surface area (Å²) < 4.78 is 7.17. The van der Waals surface area contributed by atoms with E-state index in [0.717, 1.165) is 16.4 Å². The van der Waals surface area contributed by atoms with Crippen LogP contribution in [0.1, 0.15) is 16.3 Å². The lowest BCUT2D eigenvalue weighted by atomic mass is 10.2. The number of imidazole rings is 1. The van der Waals surface area contributed by atoms with Crippen molar-refractivity contribution in [3.05, 3.63) is 46.7 Å². The Labute approximate surface area is 183 Å². The van der Waals surface area contributed by atoms with Crippen LogP contribution >= 0.6 is 45.3 Å². The predicted octanol–water partition coefficient (Wildman–Crippen LogP) is 6.75. The Hall–Kier alpha value is -2.44. The van der Waals surface area contributed by atoms with Crippen LogP contribution in [0.3, 0.4) is 0 Å². The van der Waals surface area contributed by atoms with E-state index in [1.807, 2.05) is 11.3 Å². The van der Waals surface area contributed by atoms with E-state index in [2.05, 4.69) is 55.8 Å². The maximum absolute atomic E-state index is 9.18. The maximum Gasteiger partial charge on any atom is 0.150 e. The Balaban J connectivity index is 1.51. The number of nitrogens with zero attached hydrogens (tertiary/aromatic N) is 3. The van der Waals surface area contributed by atoms with Crippen molar-refractivity contribution in [1.29, 1.82) is 5.26 Å². The second kappa shape index (κ2) is 6.82. The first kappa shape index (κ1) is 18.6. The molecule has 29 heavy (non-hydrogen) atoms. The van der Waals surface area contributed by atoms with Crippen molar-refractivity contribution in [3.63, 3.8) is 0 Å². The van der Waals surface area contributed by atoms with Crippen LogP contribution in [0, 0.1) is 25.2 Å². The normalized spacial score (nSPS) is 12.3. The molecule has 4 nitrogen and oxygen atoms in total. The van der Waals surface area contributed by atoms with Gasteiger partial charge in [0, 0.05) is 52.4 Å². The largest absolute Gasteiger partial charge is 0.403 e. The Morgan fingerprint density at radius 3 is 2.03 bits per heavy atom. The number of thiophene rings is 4. The predicted molar refractivity (Wildman–Crippen MR) is 128 cm³/mol. The average Bonchev–Trinajstić information content (AvgIpc) is 3.46. The summed E-state index contributed by atoms with van der Waals surface area (Å²) in [5.74, 6) is 1.04. The van der Waals surface area contributed by atoms with Gasteiger partial charge in [-0.3, -0.25) is 0 Å². The van der Waals surface area contributed by atoms with E-state index >= 15 is 0 Å². The first-order valence-electron chi connectivity index (χ1n) is 8.88. The van der Waals surface area contributed by atoms with Crippen LogP contribution in [-0.2, 0) is 7.05 Å². The SMILES string of the molecule is Cc1nc(-c2cc3sc(-c4cc5sc(C(C#N)=CN)cc5s4)cc3s2)n(C)c1C. The minimum absolute atomic E-state index is 0.531. The molecule has 5 aromatic heterocycles. The maximum atomic E-state index is 9.18. The highest BCUT2D eigenvalue weighted by Crippen LogP contribution is 2.46. The smallest absolute Gasteiger partial charge is 0.150 e. The van der Waals surface area contributed by atoms with Crippen LogP contribution in [0.25, 0.3) is 44.8 Å². The summed E-state index contributed by atoms with van der Waals surface area (Å²) in [6.45, 7) is 4.17. The quantitative estimate of drug-likeness (QED) is 0.308. The second-order valence-corrected chi connectivity index (χ2v) is 11.1. The van der Waals surface area contributed by atoms with Crippen molar-refractivity contribution < 1.29 is 0 Å². The number of fused-ring (bicyclic) bond motifs is 2. The van der Waals surface area contributed by atoms with Crippen LogP contribution in [-0.4, -0.2) is 9.55 Å². The van der Waals surface area contributed by atoms with E-state index in [0.29, 0.717) is 5.57 Å². The van der Waals surface area contributed by atoms with Gasteiger partial charge in [-0.15, -0.1) is 45.3 Å². The third-order valence-corrected chi connectivity index (χ3v) is 9.86. The van der Waals surface area contributed by atoms with E-state index in [4.69, 9.17) is 10.7 Å². The Kier molecular flexibility index (Phi) is 4.37. The van der Waals surface area contributed by atoms with E-state index in [-0.39, 0.29) is 0 Å². The number of allylic oxidation sites excluding steroid dienone is 1. The lowest BCUT2D eigenvalue weighted by Crippen LogP contribution is -1.93. The van der Waals surface area contributed by atoms with E-state index < -0.39 is 0 Å². The molecule has 5 heterocycles. The van der Waals surface area contributed by atoms with Gasteiger partial charge in [0.1, 0.15) is 11.9 Å². The fourth-order valence-corrected chi connectivity index (χ4v) is 8.13. The van der Waals surface area contributed by atoms with Crippen LogP contribution < -0.4 is 5.73 Å². The Morgan fingerprint density at radius 1 is 0.966 bits per heavy atom. The fourth-order valence-electron chi connectivity index (χ4n) is 3.27. The molecule has 0 saturated heterocycles. The molecule has 144 valence electrons. The van der Waals surface area contributed by atoms with Gasteiger partial charge in [-0.25, -0.2) is 4.98 Å². The van der Waals surface area contributed by atoms with Crippen molar-refractivity contribution in [2.75, 3.05) is 0 Å². The third-order valence-electron chi connectivity index (χ3n) is 5.05. The van der Waals surface area contributed by atoms with Gasteiger partial charge in [0.2, 0.25) is 0 Å². The van der Waals surface area contributed by atoms with Gasteiger partial charge in [-0.2, -0.15) is 5.26 Å². The minimum atomic E-state index is 0.531. The zero-order valence-corrected chi connectivity index (χ0v) is 19.2. The van der Waals surface area contributed by atoms with Crippen LogP contribution in [0.15, 0.2) is 30.5 Å². The molecule has 5 aromatic rings. The Bertz CT molecular complexity index is 1400. The fraction of sp³-hybridized carbons (Fsp3) is 0.143. The minimum Gasteiger partial charge on any atom is -0.403 e. The van der Waals surface area contributed by atoms with Gasteiger partial charge < -0.3 is 10.3 Å². The first-order chi connectivity index (χ1) is 14.0. The molecule has 8 heteroatoms. The van der Waals surface area contributed by atoms with Crippen molar-refractivity contribution in [3.8, 4) is 26.5 Å². The lowest BCUT2D eigenvalue weighted by molar-refractivity contribution is 0.883. The summed E-state index contributed by atoms with van der Waals surface area (Å²) in [5.41, 5.74) is 8.38. The van der Waals surface area contributed by atoms with Crippen molar-refractivity contribution >= 4 is 69.7 Å². The van der Waals surface area contributed by atoms with Crippen molar-refractivity contribution in [2.24, 2.45) is 12.8 Å². The molecule has 0 spiro atoms. The number of aromatic nitrogens is 2. The summed E-state index contributed by atoms with van der Waals surface area (Å²) >= 11 is 7.01. The molecule has 0 aliphatic rings. The molecule has 0 unspecified atom stereocenters. The molecule has 0 fully saturated rings. The number of hydrogen-bond acceptors (Lipinski definition) is 7. The molecule has 0 aromatic carbocycles. The molecule has 2 N–H and O–H groups in total. The van der Waals surface area contributed by atoms with Gasteiger partial charge in [-0.1, -0.05) is 0 Å². The summed E-state index contributed by atoms with van der Waals surface area (Å²) in [4.78, 5) is 9.44. The standard InChI is InChI=1S/C21H16N4S4/c1-10-11(2)25(3)21(24-10)20-7-19-18(29-20)6-17(28-19)16-5-15-14(27-16)4-13(26-15)12(8-22)9-23/h4-8H,22H2,1-3H3. The van der Waals surface area contributed by atoms with E-state index in [1.165, 1.54) is 45.3 Å². The third kappa shape index (κ3) is 2.93. The zero-order valence-electron chi connectivity index (χ0n) is 15.9. The second-order valence-electron chi connectivity index (χ2n) is 6.76. The van der Waals surface area contributed by atoms with Gasteiger partial charge >= 0.3 is 0 Å². The number of nitrogens with two attached hydrogens (primary N) is 1. The van der Waals surface area contributed by atoms with Gasteiger partial charge in [0.05, 0.1) is 16.1 Å². The number of rotatable bonds is 3. The van der Waals surface area contributed by atoms with Gasteiger partial charge in [0.25, 0.3) is 0 Å². The molecule has 0 aliphatic heterocycles. The Morgan fingerprint density at radius 2 is 1.52 bits per heavy atom. The topological polar surface area (TPSA) is 67.6 Å². The van der Waals surface area contributed by atoms with Gasteiger partial charge in [0.15, 0.2) is 0 Å². The van der Waals surface area contributed by atoms with Crippen LogP contribution in [0.2, 0.25) is 0 Å². The summed E-state index contributed by atoms with van der Waals surface area (Å²) in [6, 6.07) is 11.0. The molecular weight excluding hydrogens is 437 g/mol. The number of nitriles is 1. The molecule has 0 bridgehead atoms. The molecule has 5 rings (SSSR count). The summed E-state index contributed by atoms with van der Waals surface area (Å²) in [5, 5.41) is 9.18. The highest BCUT2D eigenvalue weighted by atomic mass is 32.1. The molecular formula is C21H16N4S4. The van der Waals surface area contributed by atoms with E-state index in [1.54, 1.807) is 34.0 Å². The lowest BCUT2D eigenvalue weighted by Gasteiger charge is -1.99. The number of hydrogen-bond donors (Lipinski definition) is 1. The van der Waals surface area contributed by atoms with Crippen molar-refractivity contribution in [1.82, 2.24) is 9.55 Å². The van der Waals surface area contributed by atoms with Crippen molar-refractivity contribution in [2.45, 2.75) is 13.8 Å². The molecule has 0 radical (unpaired) electrons. The van der Waals surface area contributed by atoms with Crippen LogP contribution in [0.5, 0.6) is 0 Å². The summed E-state index contributed by atoms with van der Waals surface area (Å²) in [7, 11) is 2.08. The van der Waals surface area contributed by atoms with Gasteiger partial charge in [-0.05, 0) is 38.1 Å². The monoisotopic (exact) mass is 452 g/mol. The van der Waals surface area contributed by atoms with Crippen LogP contribution in [0.4, 0.5) is 0 Å². The molecule has 0 saturated carbocycles. The number of aryl methyl sites for hydroxylation is 1. The highest BCUT2D eigenvalue weighted by Gasteiger charge is 2.17. The first-order valence-corrected chi connectivity index (χ1v) is 12.1. The summed E-state index contributed by atoms with van der Waals surface area (Å²) in [6.07, 6.45) is 1.38. The molecule has 0 atom stereocenters. The van der Waals surface area contributed by atoms with E-state index in [9.17, 15) is 5.26 Å². The molecule has 0 aliphatic carbocycles. The highest BCUT2D eigenvalue weighted by molar-refractivity contribution is 7.34. The average molecular weight is 453 g/mol. The zero-order chi connectivity index (χ0) is 20.3. The molecule has 0 amide bonds.